The van der Waals surface area contributed by atoms with Crippen molar-refractivity contribution in [3.63, 3.8) is 0 Å². The van der Waals surface area contributed by atoms with Gasteiger partial charge in [-0.2, -0.15) is 0 Å². The van der Waals surface area contributed by atoms with E-state index in [2.05, 4.69) is 41.3 Å². The fourth-order valence-electron chi connectivity index (χ4n) is 4.50. The molecule has 0 N–H and O–H groups in total. The highest BCUT2D eigenvalue weighted by atomic mass is 16.7. The molecule has 2 bridgehead atoms. The zero-order valence-electron chi connectivity index (χ0n) is 16.1. The van der Waals surface area contributed by atoms with E-state index < -0.39 is 5.79 Å². The van der Waals surface area contributed by atoms with Gasteiger partial charge in [-0.3, -0.25) is 0 Å². The lowest BCUT2D eigenvalue weighted by Crippen LogP contribution is -2.51. The molecule has 27 heavy (non-hydrogen) atoms. The number of hydrogen-bond donors (Lipinski definition) is 0. The molecule has 2 aromatic carbocycles. The van der Waals surface area contributed by atoms with Crippen LogP contribution < -0.4 is 9.47 Å². The second kappa shape index (κ2) is 6.54. The lowest BCUT2D eigenvalue weighted by atomic mass is 9.86. The second-order valence-electron chi connectivity index (χ2n) is 8.45. The molecule has 4 nitrogen and oxygen atoms in total. The highest BCUT2D eigenvalue weighted by molar-refractivity contribution is 5.67. The molecule has 4 heterocycles. The fraction of sp³-hybridized carbons (Fsp3) is 0.478. The molecule has 0 radical (unpaired) electrons. The number of piperidine rings is 3. The quantitative estimate of drug-likeness (QED) is 0.800. The predicted molar refractivity (Wildman–Crippen MR) is 105 cm³/mol. The molecule has 4 aliphatic rings. The van der Waals surface area contributed by atoms with Crippen LogP contribution in [0.25, 0.3) is 11.1 Å². The Morgan fingerprint density at radius 3 is 2.37 bits per heavy atom. The maximum Gasteiger partial charge on any atom is 0.246 e. The van der Waals surface area contributed by atoms with Gasteiger partial charge in [-0.05, 0) is 60.7 Å². The van der Waals surface area contributed by atoms with E-state index >= 15 is 0 Å². The minimum absolute atomic E-state index is 0.407. The molecule has 3 fully saturated rings. The van der Waals surface area contributed by atoms with Gasteiger partial charge in [0.05, 0.1) is 12.7 Å². The van der Waals surface area contributed by atoms with Gasteiger partial charge < -0.3 is 19.1 Å². The molecule has 0 amide bonds. The van der Waals surface area contributed by atoms with Gasteiger partial charge in [0.1, 0.15) is 0 Å². The molecule has 0 aromatic heterocycles. The fourth-order valence-corrected chi connectivity index (χ4v) is 4.50. The lowest BCUT2D eigenvalue weighted by molar-refractivity contribution is -0.0765. The summed E-state index contributed by atoms with van der Waals surface area (Å²) in [4.78, 5) is 2.54. The first-order valence-electron chi connectivity index (χ1n) is 10.0. The van der Waals surface area contributed by atoms with E-state index in [1.807, 2.05) is 19.9 Å². The summed E-state index contributed by atoms with van der Waals surface area (Å²) in [6.45, 7) is 8.17. The average Bonchev–Trinajstić information content (AvgIpc) is 3.00. The molecule has 2 aromatic rings. The van der Waals surface area contributed by atoms with Crippen molar-refractivity contribution >= 4 is 0 Å². The van der Waals surface area contributed by atoms with E-state index in [4.69, 9.17) is 14.2 Å². The Labute approximate surface area is 161 Å². The summed E-state index contributed by atoms with van der Waals surface area (Å²) in [7, 11) is 0. The summed E-state index contributed by atoms with van der Waals surface area (Å²) < 4.78 is 17.9. The Morgan fingerprint density at radius 1 is 0.963 bits per heavy atom. The molecule has 0 aliphatic carbocycles. The maximum absolute atomic E-state index is 6.25. The molecule has 142 valence electrons. The van der Waals surface area contributed by atoms with Crippen LogP contribution in [0.5, 0.6) is 11.5 Å². The van der Waals surface area contributed by atoms with Gasteiger partial charge in [0.15, 0.2) is 11.5 Å². The second-order valence-corrected chi connectivity index (χ2v) is 8.45. The Morgan fingerprint density at radius 2 is 1.67 bits per heavy atom. The van der Waals surface area contributed by atoms with Gasteiger partial charge in [-0.25, -0.2) is 0 Å². The van der Waals surface area contributed by atoms with Crippen molar-refractivity contribution in [2.45, 2.75) is 45.2 Å². The average molecular weight is 365 g/mol. The van der Waals surface area contributed by atoms with Crippen molar-refractivity contribution in [1.82, 2.24) is 4.90 Å². The summed E-state index contributed by atoms with van der Waals surface area (Å²) in [5, 5.41) is 0. The minimum Gasteiger partial charge on any atom is -0.449 e. The van der Waals surface area contributed by atoms with Crippen LogP contribution in [0, 0.1) is 5.92 Å². The van der Waals surface area contributed by atoms with E-state index in [-0.39, 0.29) is 0 Å². The van der Waals surface area contributed by atoms with Crippen molar-refractivity contribution in [1.29, 1.82) is 0 Å². The summed E-state index contributed by atoms with van der Waals surface area (Å²) >= 11 is 0. The Balaban J connectivity index is 1.25. The standard InChI is InChI=1S/C23H27NO3/c1-23(2)26-20-8-7-19(13-21(20)27-23)17-5-3-16(4-6-17)15-25-22-14-24-11-9-18(22)10-12-24/h3-8,13,18,22H,9-12,14-15H2,1-2H3. The van der Waals surface area contributed by atoms with Gasteiger partial charge in [0.2, 0.25) is 5.79 Å². The maximum atomic E-state index is 6.25. The van der Waals surface area contributed by atoms with Crippen LogP contribution >= 0.6 is 0 Å². The van der Waals surface area contributed by atoms with Gasteiger partial charge in [-0.1, -0.05) is 30.3 Å². The number of hydrogen-bond acceptors (Lipinski definition) is 4. The van der Waals surface area contributed by atoms with Gasteiger partial charge in [0.25, 0.3) is 0 Å². The molecule has 4 aliphatic heterocycles. The van der Waals surface area contributed by atoms with Crippen LogP contribution in [-0.4, -0.2) is 36.4 Å². The summed E-state index contributed by atoms with van der Waals surface area (Å²) in [6.07, 6.45) is 3.00. The SMILES string of the molecule is CC1(C)Oc2ccc(-c3ccc(COC4CN5CCC4CC5)cc3)cc2O1. The first-order chi connectivity index (χ1) is 13.1. The van der Waals surface area contributed by atoms with Crippen LogP contribution in [0.15, 0.2) is 42.5 Å². The molecule has 3 saturated heterocycles. The van der Waals surface area contributed by atoms with E-state index in [0.717, 1.165) is 29.5 Å². The van der Waals surface area contributed by atoms with Crippen LogP contribution in [0.2, 0.25) is 0 Å². The third kappa shape index (κ3) is 3.44. The lowest BCUT2D eigenvalue weighted by Gasteiger charge is -2.44. The van der Waals surface area contributed by atoms with Gasteiger partial charge in [0, 0.05) is 20.4 Å². The highest BCUT2D eigenvalue weighted by Crippen LogP contribution is 2.41. The number of benzene rings is 2. The van der Waals surface area contributed by atoms with E-state index in [9.17, 15) is 0 Å². The third-order valence-corrected chi connectivity index (χ3v) is 6.00. The monoisotopic (exact) mass is 365 g/mol. The van der Waals surface area contributed by atoms with Crippen molar-refractivity contribution in [2.75, 3.05) is 19.6 Å². The molecule has 1 unspecified atom stereocenters. The summed E-state index contributed by atoms with van der Waals surface area (Å²) in [5.74, 6) is 1.79. The zero-order chi connectivity index (χ0) is 18.4. The number of fused-ring (bicyclic) bond motifs is 4. The molecule has 1 atom stereocenters. The molecule has 0 spiro atoms. The van der Waals surface area contributed by atoms with Crippen LogP contribution in [0.3, 0.4) is 0 Å². The highest BCUT2D eigenvalue weighted by Gasteiger charge is 2.34. The Kier molecular flexibility index (Phi) is 4.14. The smallest absolute Gasteiger partial charge is 0.246 e. The van der Waals surface area contributed by atoms with E-state index in [1.165, 1.54) is 37.1 Å². The molecule has 4 heteroatoms. The minimum atomic E-state index is -0.586. The van der Waals surface area contributed by atoms with Gasteiger partial charge in [-0.15, -0.1) is 0 Å². The first kappa shape index (κ1) is 17.1. The molecular formula is C23H27NO3. The third-order valence-electron chi connectivity index (χ3n) is 6.00. The van der Waals surface area contributed by atoms with Crippen LogP contribution in [-0.2, 0) is 11.3 Å². The van der Waals surface area contributed by atoms with Crippen molar-refractivity contribution < 1.29 is 14.2 Å². The van der Waals surface area contributed by atoms with Gasteiger partial charge >= 0.3 is 0 Å². The zero-order valence-corrected chi connectivity index (χ0v) is 16.1. The molecule has 6 rings (SSSR count). The van der Waals surface area contributed by atoms with Crippen molar-refractivity contribution in [3.8, 4) is 22.6 Å². The first-order valence-corrected chi connectivity index (χ1v) is 10.0. The van der Waals surface area contributed by atoms with Crippen molar-refractivity contribution in [3.05, 3.63) is 48.0 Å². The van der Waals surface area contributed by atoms with Crippen LogP contribution in [0.4, 0.5) is 0 Å². The molecule has 0 saturated carbocycles. The Hall–Kier alpha value is -2.04. The number of nitrogens with zero attached hydrogens (tertiary/aromatic N) is 1. The predicted octanol–water partition coefficient (Wildman–Crippen LogP) is 4.47. The Bertz CT molecular complexity index is 822. The summed E-state index contributed by atoms with van der Waals surface area (Å²) in [5.41, 5.74) is 3.55. The topological polar surface area (TPSA) is 30.9 Å². The van der Waals surface area contributed by atoms with E-state index in [1.54, 1.807) is 0 Å². The van der Waals surface area contributed by atoms with Crippen molar-refractivity contribution in [2.24, 2.45) is 5.92 Å². The number of rotatable bonds is 4. The molecular weight excluding hydrogens is 338 g/mol. The van der Waals surface area contributed by atoms with E-state index in [0.29, 0.717) is 12.7 Å². The largest absolute Gasteiger partial charge is 0.449 e. The number of ether oxygens (including phenoxy) is 3. The summed E-state index contributed by atoms with van der Waals surface area (Å²) in [6, 6.07) is 14.8. The van der Waals surface area contributed by atoms with Crippen LogP contribution in [0.1, 0.15) is 32.3 Å². The normalized spacial score (nSPS) is 27.7.